The van der Waals surface area contributed by atoms with Gasteiger partial charge in [-0.25, -0.2) is 15.0 Å². The largest absolute Gasteiger partial charge is 0.496 e. The van der Waals surface area contributed by atoms with Gasteiger partial charge in [-0.1, -0.05) is 18.2 Å². The van der Waals surface area contributed by atoms with Crippen molar-refractivity contribution < 1.29 is 4.74 Å². The van der Waals surface area contributed by atoms with Crippen molar-refractivity contribution in [1.82, 2.24) is 15.0 Å². The molecular weight excluding hydrogens is 266 g/mol. The lowest BCUT2D eigenvalue weighted by Gasteiger charge is -2.11. The smallest absolute Gasteiger partial charge is 0.220 e. The predicted molar refractivity (Wildman–Crippen MR) is 82.0 cm³/mol. The summed E-state index contributed by atoms with van der Waals surface area (Å²) < 4.78 is 5.37. The fraction of sp³-hybridized carbons (Fsp3) is 0.133. The molecule has 2 heterocycles. The molecule has 2 aromatic heterocycles. The Morgan fingerprint density at radius 1 is 1.10 bits per heavy atom. The van der Waals surface area contributed by atoms with Crippen LogP contribution in [-0.2, 0) is 6.42 Å². The van der Waals surface area contributed by atoms with E-state index in [2.05, 4.69) is 15.0 Å². The summed E-state index contributed by atoms with van der Waals surface area (Å²) in [6, 6.07) is 9.53. The molecule has 0 radical (unpaired) electrons. The van der Waals surface area contributed by atoms with Crippen LogP contribution in [0.4, 0.5) is 11.8 Å². The lowest BCUT2D eigenvalue weighted by Crippen LogP contribution is -2.05. The Balaban J connectivity index is 2.16. The van der Waals surface area contributed by atoms with Crippen molar-refractivity contribution in [2.24, 2.45) is 0 Å². The number of hydrogen-bond acceptors (Lipinski definition) is 6. The Morgan fingerprint density at radius 3 is 2.71 bits per heavy atom. The summed E-state index contributed by atoms with van der Waals surface area (Å²) >= 11 is 0. The normalized spacial score (nSPS) is 10.7. The van der Waals surface area contributed by atoms with E-state index in [0.29, 0.717) is 17.8 Å². The van der Waals surface area contributed by atoms with Crippen molar-refractivity contribution in [3.05, 3.63) is 47.8 Å². The molecule has 3 rings (SSSR count). The van der Waals surface area contributed by atoms with Crippen LogP contribution in [0.1, 0.15) is 11.3 Å². The molecule has 0 spiro atoms. The maximum absolute atomic E-state index is 5.97. The Hall–Kier alpha value is -2.89. The van der Waals surface area contributed by atoms with E-state index in [9.17, 15) is 0 Å². The molecule has 6 nitrogen and oxygen atoms in total. The van der Waals surface area contributed by atoms with E-state index in [0.717, 1.165) is 22.4 Å². The molecule has 0 aliphatic heterocycles. The summed E-state index contributed by atoms with van der Waals surface area (Å²) in [6.07, 6.45) is 2.15. The Morgan fingerprint density at radius 2 is 1.90 bits per heavy atom. The van der Waals surface area contributed by atoms with Gasteiger partial charge in [0.05, 0.1) is 23.7 Å². The molecule has 106 valence electrons. The lowest BCUT2D eigenvalue weighted by molar-refractivity contribution is 0.410. The molecule has 0 atom stereocenters. The van der Waals surface area contributed by atoms with E-state index in [1.165, 1.54) is 0 Å². The molecule has 0 aliphatic rings. The maximum atomic E-state index is 5.97. The first-order valence-corrected chi connectivity index (χ1v) is 6.47. The standard InChI is InChI=1S/C15H15N5O/c1-21-12-5-3-2-4-9(12)8-11-13-10(19-15(17)20-11)6-7-18-14(13)16/h2-7H,8H2,1H3,(H2,16,18)(H2,17,19,20). The number of fused-ring (bicyclic) bond motifs is 1. The summed E-state index contributed by atoms with van der Waals surface area (Å²) in [5, 5.41) is 0.734. The van der Waals surface area contributed by atoms with E-state index >= 15 is 0 Å². The number of pyridine rings is 1. The van der Waals surface area contributed by atoms with Crippen LogP contribution in [0, 0.1) is 0 Å². The highest BCUT2D eigenvalue weighted by atomic mass is 16.5. The van der Waals surface area contributed by atoms with Gasteiger partial charge in [0.2, 0.25) is 5.95 Å². The molecular formula is C15H15N5O. The van der Waals surface area contributed by atoms with Crippen molar-refractivity contribution in [2.75, 3.05) is 18.6 Å². The third-order valence-corrected chi connectivity index (χ3v) is 3.28. The molecule has 0 amide bonds. The van der Waals surface area contributed by atoms with Crippen LogP contribution in [0.5, 0.6) is 5.75 Å². The molecule has 6 heteroatoms. The fourth-order valence-electron chi connectivity index (χ4n) is 2.36. The summed E-state index contributed by atoms with van der Waals surface area (Å²) in [6.45, 7) is 0. The first-order valence-electron chi connectivity index (χ1n) is 6.47. The quantitative estimate of drug-likeness (QED) is 0.759. The summed E-state index contributed by atoms with van der Waals surface area (Å²) in [4.78, 5) is 12.6. The number of nitrogens with two attached hydrogens (primary N) is 2. The fourth-order valence-corrected chi connectivity index (χ4v) is 2.36. The van der Waals surface area contributed by atoms with Gasteiger partial charge in [-0.05, 0) is 12.1 Å². The Bertz CT molecular complexity index is 803. The zero-order valence-corrected chi connectivity index (χ0v) is 11.6. The highest BCUT2D eigenvalue weighted by molar-refractivity contribution is 5.90. The van der Waals surface area contributed by atoms with Crippen molar-refractivity contribution >= 4 is 22.7 Å². The minimum Gasteiger partial charge on any atom is -0.496 e. The highest BCUT2D eigenvalue weighted by Crippen LogP contribution is 2.26. The van der Waals surface area contributed by atoms with Crippen LogP contribution in [0.2, 0.25) is 0 Å². The van der Waals surface area contributed by atoms with E-state index in [4.69, 9.17) is 16.2 Å². The Labute approximate surface area is 121 Å². The second-order valence-corrected chi connectivity index (χ2v) is 4.61. The van der Waals surface area contributed by atoms with E-state index in [1.807, 2.05) is 24.3 Å². The number of hydrogen-bond donors (Lipinski definition) is 2. The molecule has 0 bridgehead atoms. The number of methoxy groups -OCH3 is 1. The van der Waals surface area contributed by atoms with Crippen LogP contribution in [0.15, 0.2) is 36.5 Å². The number of aromatic nitrogens is 3. The maximum Gasteiger partial charge on any atom is 0.220 e. The van der Waals surface area contributed by atoms with Gasteiger partial charge in [-0.3, -0.25) is 0 Å². The van der Waals surface area contributed by atoms with Crippen LogP contribution in [0.25, 0.3) is 10.9 Å². The van der Waals surface area contributed by atoms with Crippen molar-refractivity contribution in [3.8, 4) is 5.75 Å². The second-order valence-electron chi connectivity index (χ2n) is 4.61. The number of ether oxygens (including phenoxy) is 1. The van der Waals surface area contributed by atoms with Gasteiger partial charge in [0.1, 0.15) is 11.6 Å². The molecule has 0 saturated carbocycles. The van der Waals surface area contributed by atoms with Crippen molar-refractivity contribution in [3.63, 3.8) is 0 Å². The van der Waals surface area contributed by atoms with Gasteiger partial charge in [0.25, 0.3) is 0 Å². The number of benzene rings is 1. The molecule has 0 fully saturated rings. The van der Waals surface area contributed by atoms with Crippen LogP contribution in [-0.4, -0.2) is 22.1 Å². The number of nitrogens with zero attached hydrogens (tertiary/aromatic N) is 3. The van der Waals surface area contributed by atoms with Crippen LogP contribution in [0.3, 0.4) is 0 Å². The highest BCUT2D eigenvalue weighted by Gasteiger charge is 2.12. The summed E-state index contributed by atoms with van der Waals surface area (Å²) in [7, 11) is 1.64. The second kappa shape index (κ2) is 5.24. The van der Waals surface area contributed by atoms with E-state index in [-0.39, 0.29) is 5.95 Å². The zero-order chi connectivity index (χ0) is 14.8. The van der Waals surface area contributed by atoms with E-state index < -0.39 is 0 Å². The SMILES string of the molecule is COc1ccccc1Cc1nc(N)nc2ccnc(N)c12. The van der Waals surface area contributed by atoms with Crippen molar-refractivity contribution in [1.29, 1.82) is 0 Å². The minimum atomic E-state index is 0.220. The van der Waals surface area contributed by atoms with E-state index in [1.54, 1.807) is 19.4 Å². The van der Waals surface area contributed by atoms with Gasteiger partial charge < -0.3 is 16.2 Å². The van der Waals surface area contributed by atoms with Gasteiger partial charge in [0.15, 0.2) is 0 Å². The molecule has 4 N–H and O–H groups in total. The number of para-hydroxylation sites is 1. The molecule has 1 aromatic carbocycles. The zero-order valence-electron chi connectivity index (χ0n) is 11.6. The van der Waals surface area contributed by atoms with Gasteiger partial charge >= 0.3 is 0 Å². The van der Waals surface area contributed by atoms with Crippen molar-refractivity contribution in [2.45, 2.75) is 6.42 Å². The lowest BCUT2D eigenvalue weighted by atomic mass is 10.1. The number of anilines is 2. The minimum absolute atomic E-state index is 0.220. The van der Waals surface area contributed by atoms with Crippen LogP contribution < -0.4 is 16.2 Å². The molecule has 21 heavy (non-hydrogen) atoms. The predicted octanol–water partition coefficient (Wildman–Crippen LogP) is 1.79. The Kier molecular flexibility index (Phi) is 3.27. The first kappa shape index (κ1) is 13.1. The third-order valence-electron chi connectivity index (χ3n) is 3.28. The van der Waals surface area contributed by atoms with Gasteiger partial charge in [0, 0.05) is 18.2 Å². The average Bonchev–Trinajstić information content (AvgIpc) is 2.47. The summed E-state index contributed by atoms with van der Waals surface area (Å²) in [5.74, 6) is 1.42. The van der Waals surface area contributed by atoms with Gasteiger partial charge in [-0.15, -0.1) is 0 Å². The average molecular weight is 281 g/mol. The van der Waals surface area contributed by atoms with Crippen LogP contribution >= 0.6 is 0 Å². The molecule has 0 saturated heterocycles. The first-order chi connectivity index (χ1) is 10.2. The molecule has 0 aliphatic carbocycles. The van der Waals surface area contributed by atoms with Gasteiger partial charge in [-0.2, -0.15) is 0 Å². The monoisotopic (exact) mass is 281 g/mol. The molecule has 3 aromatic rings. The molecule has 0 unspecified atom stereocenters. The third kappa shape index (κ3) is 2.43. The number of rotatable bonds is 3. The summed E-state index contributed by atoms with van der Waals surface area (Å²) in [5.41, 5.74) is 14.2. The topological polar surface area (TPSA) is 99.9 Å². The number of nitrogen functional groups attached to an aromatic ring is 2.